The van der Waals surface area contributed by atoms with E-state index in [0.717, 1.165) is 49.9 Å². The third kappa shape index (κ3) is 1.99. The average Bonchev–Trinajstić information content (AvgIpc) is 3.30. The van der Waals surface area contributed by atoms with Gasteiger partial charge in [0.15, 0.2) is 11.5 Å². The van der Waals surface area contributed by atoms with Crippen LogP contribution >= 0.6 is 0 Å². The van der Waals surface area contributed by atoms with Crippen molar-refractivity contribution in [2.24, 2.45) is 11.8 Å². The second kappa shape index (κ2) is 4.87. The third-order valence-corrected chi connectivity index (χ3v) is 5.86. The fourth-order valence-corrected chi connectivity index (χ4v) is 4.75. The van der Waals surface area contributed by atoms with E-state index in [2.05, 4.69) is 30.4 Å². The highest BCUT2D eigenvalue weighted by atomic mass is 15.6. The molecule has 22 heavy (non-hydrogen) atoms. The molecule has 1 saturated heterocycles. The van der Waals surface area contributed by atoms with Gasteiger partial charge in [-0.25, -0.2) is 0 Å². The summed E-state index contributed by atoms with van der Waals surface area (Å²) in [6.07, 6.45) is 5.88. The highest BCUT2D eigenvalue weighted by molar-refractivity contribution is 5.44. The molecule has 2 aromatic heterocycles. The summed E-state index contributed by atoms with van der Waals surface area (Å²) in [6, 6.07) is 4.82. The van der Waals surface area contributed by atoms with Crippen molar-refractivity contribution in [3.8, 4) is 0 Å². The Kier molecular flexibility index (Phi) is 2.82. The molecular weight excluding hydrogens is 278 g/mol. The van der Waals surface area contributed by atoms with E-state index in [1.165, 1.54) is 30.3 Å². The van der Waals surface area contributed by atoms with E-state index in [4.69, 9.17) is 0 Å². The van der Waals surface area contributed by atoms with E-state index in [0.29, 0.717) is 5.65 Å². The summed E-state index contributed by atoms with van der Waals surface area (Å²) in [7, 11) is 0. The minimum Gasteiger partial charge on any atom is -0.353 e. The third-order valence-electron chi connectivity index (χ3n) is 5.86. The van der Waals surface area contributed by atoms with Crippen molar-refractivity contribution in [1.82, 2.24) is 30.2 Å². The summed E-state index contributed by atoms with van der Waals surface area (Å²) in [5.41, 5.74) is 0.698. The van der Waals surface area contributed by atoms with Crippen LogP contribution in [0.1, 0.15) is 25.7 Å². The average molecular weight is 299 g/mol. The molecule has 0 radical (unpaired) electrons. The Bertz CT molecular complexity index is 675. The summed E-state index contributed by atoms with van der Waals surface area (Å²) in [6.45, 7) is 4.41. The number of anilines is 1. The molecule has 0 amide bonds. The van der Waals surface area contributed by atoms with Crippen LogP contribution in [-0.4, -0.2) is 62.4 Å². The first-order chi connectivity index (χ1) is 10.9. The molecule has 116 valence electrons. The van der Waals surface area contributed by atoms with Gasteiger partial charge in [0.1, 0.15) is 0 Å². The van der Waals surface area contributed by atoms with E-state index < -0.39 is 0 Å². The van der Waals surface area contributed by atoms with Crippen molar-refractivity contribution >= 4 is 11.5 Å². The molecule has 0 unspecified atom stereocenters. The first kappa shape index (κ1) is 12.8. The lowest BCUT2D eigenvalue weighted by molar-refractivity contribution is 0.134. The molecule has 2 aromatic rings. The van der Waals surface area contributed by atoms with Crippen molar-refractivity contribution in [1.29, 1.82) is 0 Å². The lowest BCUT2D eigenvalue weighted by Crippen LogP contribution is -2.52. The number of nitrogens with zero attached hydrogens (tertiary/aromatic N) is 7. The number of fused-ring (bicyclic) bond motifs is 3. The lowest BCUT2D eigenvalue weighted by Gasteiger charge is -2.41. The molecule has 7 heteroatoms. The maximum Gasteiger partial charge on any atom is 0.200 e. The highest BCUT2D eigenvalue weighted by Crippen LogP contribution is 2.46. The Morgan fingerprint density at radius 1 is 1.00 bits per heavy atom. The molecule has 2 saturated carbocycles. The van der Waals surface area contributed by atoms with Gasteiger partial charge in [0, 0.05) is 32.2 Å². The van der Waals surface area contributed by atoms with E-state index in [1.54, 1.807) is 0 Å². The van der Waals surface area contributed by atoms with Crippen molar-refractivity contribution in [2.45, 2.75) is 31.7 Å². The van der Waals surface area contributed by atoms with Crippen molar-refractivity contribution in [3.05, 3.63) is 12.1 Å². The Balaban J connectivity index is 1.27. The first-order valence-electron chi connectivity index (χ1n) is 8.41. The molecule has 7 nitrogen and oxygen atoms in total. The molecule has 3 aliphatic rings. The molecule has 0 spiro atoms. The van der Waals surface area contributed by atoms with Crippen molar-refractivity contribution in [2.75, 3.05) is 31.1 Å². The van der Waals surface area contributed by atoms with Gasteiger partial charge in [0.25, 0.3) is 0 Å². The molecule has 0 N–H and O–H groups in total. The molecule has 0 aromatic carbocycles. The lowest BCUT2D eigenvalue weighted by atomic mass is 9.93. The van der Waals surface area contributed by atoms with Crippen LogP contribution in [-0.2, 0) is 0 Å². The standard InChI is InChI=1S/C15H21N7/c1-2-12-9-11(1)10-13(12)20-5-7-21(8-6-20)15-4-3-14-16-18-19-22(14)17-15/h3-4,11-13H,1-2,5-10H2/t11-,12-,13-/m0/s1. The van der Waals surface area contributed by atoms with Gasteiger partial charge in [-0.3, -0.25) is 4.90 Å². The van der Waals surface area contributed by atoms with Gasteiger partial charge in [0.2, 0.25) is 0 Å². The van der Waals surface area contributed by atoms with Crippen LogP contribution in [0, 0.1) is 11.8 Å². The summed E-state index contributed by atoms with van der Waals surface area (Å²) >= 11 is 0. The van der Waals surface area contributed by atoms with Gasteiger partial charge in [-0.2, -0.15) is 0 Å². The Morgan fingerprint density at radius 2 is 1.91 bits per heavy atom. The highest BCUT2D eigenvalue weighted by Gasteiger charge is 2.42. The second-order valence-corrected chi connectivity index (χ2v) is 6.98. The zero-order chi connectivity index (χ0) is 14.5. The zero-order valence-corrected chi connectivity index (χ0v) is 12.7. The minimum atomic E-state index is 0.698. The maximum atomic E-state index is 4.51. The van der Waals surface area contributed by atoms with E-state index >= 15 is 0 Å². The topological polar surface area (TPSA) is 62.5 Å². The predicted octanol–water partition coefficient (Wildman–Crippen LogP) is 0.830. The van der Waals surface area contributed by atoms with Crippen LogP contribution in [0.2, 0.25) is 0 Å². The largest absolute Gasteiger partial charge is 0.353 e. The fourth-order valence-electron chi connectivity index (χ4n) is 4.75. The molecule has 3 atom stereocenters. The summed E-state index contributed by atoms with van der Waals surface area (Å²) in [5, 5.41) is 15.9. The van der Waals surface area contributed by atoms with Crippen LogP contribution < -0.4 is 4.90 Å². The van der Waals surface area contributed by atoms with Crippen LogP contribution in [0.5, 0.6) is 0 Å². The van der Waals surface area contributed by atoms with Gasteiger partial charge in [0.05, 0.1) is 0 Å². The van der Waals surface area contributed by atoms with E-state index in [-0.39, 0.29) is 0 Å². The predicted molar refractivity (Wildman–Crippen MR) is 81.6 cm³/mol. The quantitative estimate of drug-likeness (QED) is 0.818. The SMILES string of the molecule is c1cc2nnnn2nc1N1CCN([C@H]2C[C@H]3CC[C@H]2C3)CC1. The maximum absolute atomic E-state index is 4.51. The van der Waals surface area contributed by atoms with Gasteiger partial charge < -0.3 is 4.90 Å². The number of tetrazole rings is 1. The van der Waals surface area contributed by atoms with Gasteiger partial charge >= 0.3 is 0 Å². The Morgan fingerprint density at radius 3 is 2.68 bits per heavy atom. The van der Waals surface area contributed by atoms with Crippen LogP contribution in [0.4, 0.5) is 5.82 Å². The van der Waals surface area contributed by atoms with E-state index in [9.17, 15) is 0 Å². The van der Waals surface area contributed by atoms with Crippen LogP contribution in [0.25, 0.3) is 5.65 Å². The Hall–Kier alpha value is -1.76. The molecule has 2 aliphatic carbocycles. The molecule has 2 bridgehead atoms. The number of hydrogen-bond donors (Lipinski definition) is 0. The van der Waals surface area contributed by atoms with Crippen molar-refractivity contribution in [3.63, 3.8) is 0 Å². The molecule has 3 fully saturated rings. The second-order valence-electron chi connectivity index (χ2n) is 6.98. The first-order valence-corrected chi connectivity index (χ1v) is 8.41. The van der Waals surface area contributed by atoms with Crippen LogP contribution in [0.15, 0.2) is 12.1 Å². The summed E-state index contributed by atoms with van der Waals surface area (Å²) in [4.78, 5) is 5.08. The van der Waals surface area contributed by atoms with Gasteiger partial charge in [-0.05, 0) is 53.7 Å². The molecule has 3 heterocycles. The monoisotopic (exact) mass is 299 g/mol. The van der Waals surface area contributed by atoms with E-state index in [1.807, 2.05) is 12.1 Å². The van der Waals surface area contributed by atoms with Crippen LogP contribution in [0.3, 0.4) is 0 Å². The number of hydrogen-bond acceptors (Lipinski definition) is 6. The van der Waals surface area contributed by atoms with Gasteiger partial charge in [-0.15, -0.1) is 14.8 Å². The number of piperazine rings is 1. The molecule has 1 aliphatic heterocycles. The summed E-state index contributed by atoms with van der Waals surface area (Å²) < 4.78 is 1.51. The van der Waals surface area contributed by atoms with Gasteiger partial charge in [-0.1, -0.05) is 6.42 Å². The number of rotatable bonds is 2. The molecule has 5 rings (SSSR count). The zero-order valence-electron chi connectivity index (χ0n) is 12.7. The summed E-state index contributed by atoms with van der Waals surface area (Å²) in [5.74, 6) is 2.98. The Labute approximate surface area is 129 Å². The van der Waals surface area contributed by atoms with Crippen molar-refractivity contribution < 1.29 is 0 Å². The minimum absolute atomic E-state index is 0.698. The normalized spacial score (nSPS) is 32.2. The smallest absolute Gasteiger partial charge is 0.200 e. The number of aromatic nitrogens is 5. The fraction of sp³-hybridized carbons (Fsp3) is 0.733. The molecular formula is C15H21N7.